The minimum Gasteiger partial charge on any atom is -0.316 e. The van der Waals surface area contributed by atoms with Crippen molar-refractivity contribution in [2.75, 3.05) is 37.6 Å². The van der Waals surface area contributed by atoms with E-state index >= 15 is 0 Å². The van der Waals surface area contributed by atoms with Gasteiger partial charge in [-0.05, 0) is 49.6 Å². The highest BCUT2D eigenvalue weighted by atomic mass is 35.5. The van der Waals surface area contributed by atoms with E-state index in [2.05, 4.69) is 5.32 Å². The zero-order chi connectivity index (χ0) is 18.0. The molecule has 1 fully saturated rings. The van der Waals surface area contributed by atoms with Crippen LogP contribution in [0.2, 0.25) is 0 Å². The Morgan fingerprint density at radius 1 is 1.31 bits per heavy atom. The Bertz CT molecular complexity index is 744. The van der Waals surface area contributed by atoms with E-state index in [0.29, 0.717) is 31.0 Å². The number of benzene rings is 1. The van der Waals surface area contributed by atoms with E-state index in [1.165, 1.54) is 4.31 Å². The summed E-state index contributed by atoms with van der Waals surface area (Å²) in [7, 11) is -3.46. The molecule has 2 aliphatic heterocycles. The maximum absolute atomic E-state index is 12.8. The van der Waals surface area contributed by atoms with Crippen LogP contribution < -0.4 is 10.2 Å². The average molecular weight is 402 g/mol. The van der Waals surface area contributed by atoms with Gasteiger partial charge in [-0.3, -0.25) is 4.79 Å². The van der Waals surface area contributed by atoms with Gasteiger partial charge in [0, 0.05) is 31.9 Å². The van der Waals surface area contributed by atoms with Gasteiger partial charge in [0.25, 0.3) is 0 Å². The number of nitrogens with one attached hydrogen (secondary N) is 1. The molecule has 2 heterocycles. The summed E-state index contributed by atoms with van der Waals surface area (Å²) in [5, 5.41) is 3.29. The first-order valence-corrected chi connectivity index (χ1v) is 10.6. The van der Waals surface area contributed by atoms with Crippen LogP contribution in [0.15, 0.2) is 23.1 Å². The Hall–Kier alpha value is -1.15. The average Bonchev–Trinajstić information content (AvgIpc) is 3.06. The number of anilines is 1. The lowest BCUT2D eigenvalue weighted by Gasteiger charge is -2.27. The molecule has 0 saturated carbocycles. The van der Waals surface area contributed by atoms with E-state index in [9.17, 15) is 13.2 Å². The van der Waals surface area contributed by atoms with Crippen molar-refractivity contribution in [3.8, 4) is 0 Å². The molecule has 1 amide bonds. The number of nitrogens with zero attached hydrogens (tertiary/aromatic N) is 2. The molecule has 1 saturated heterocycles. The Labute approximate surface area is 162 Å². The van der Waals surface area contributed by atoms with Crippen molar-refractivity contribution < 1.29 is 13.2 Å². The summed E-state index contributed by atoms with van der Waals surface area (Å²) < 4.78 is 26.8. The van der Waals surface area contributed by atoms with E-state index in [1.807, 2.05) is 18.7 Å². The fourth-order valence-electron chi connectivity index (χ4n) is 3.76. The number of piperidine rings is 1. The number of sulfonamides is 1. The van der Waals surface area contributed by atoms with Gasteiger partial charge in [-0.25, -0.2) is 8.42 Å². The topological polar surface area (TPSA) is 69.7 Å². The molecule has 1 unspecified atom stereocenters. The summed E-state index contributed by atoms with van der Waals surface area (Å²) in [5.41, 5.74) is 1.82. The Morgan fingerprint density at radius 2 is 2.04 bits per heavy atom. The maximum atomic E-state index is 12.8. The second kappa shape index (κ2) is 8.69. The molecule has 6 nitrogen and oxygen atoms in total. The van der Waals surface area contributed by atoms with Crippen LogP contribution in [-0.2, 0) is 21.2 Å². The van der Waals surface area contributed by atoms with Gasteiger partial charge in [0.2, 0.25) is 15.9 Å². The van der Waals surface area contributed by atoms with Gasteiger partial charge in [-0.1, -0.05) is 13.8 Å². The predicted octanol–water partition coefficient (Wildman–Crippen LogP) is 2.03. The van der Waals surface area contributed by atoms with Crippen molar-refractivity contribution in [3.05, 3.63) is 23.8 Å². The van der Waals surface area contributed by atoms with Crippen LogP contribution in [0.1, 0.15) is 32.3 Å². The van der Waals surface area contributed by atoms with Gasteiger partial charge in [-0.2, -0.15) is 4.31 Å². The molecular formula is C18H28ClN3O3S. The SMILES string of the molecule is CCN(CC)S(=O)(=O)c1ccc2c(c1)CCN2C(=O)C1CCCNC1.Cl. The van der Waals surface area contributed by atoms with Gasteiger partial charge in [-0.15, -0.1) is 12.4 Å². The van der Waals surface area contributed by atoms with Crippen LogP contribution in [0, 0.1) is 5.92 Å². The fraction of sp³-hybridized carbons (Fsp3) is 0.611. The van der Waals surface area contributed by atoms with Crippen molar-refractivity contribution in [1.29, 1.82) is 0 Å². The number of fused-ring (bicyclic) bond motifs is 1. The highest BCUT2D eigenvalue weighted by Gasteiger charge is 2.32. The van der Waals surface area contributed by atoms with Gasteiger partial charge < -0.3 is 10.2 Å². The molecule has 1 aromatic rings. The Balaban J connectivity index is 0.00000243. The minimum absolute atomic E-state index is 0. The van der Waals surface area contributed by atoms with Gasteiger partial charge in [0.05, 0.1) is 10.8 Å². The second-order valence-electron chi connectivity index (χ2n) is 6.66. The molecule has 1 N–H and O–H groups in total. The lowest BCUT2D eigenvalue weighted by Crippen LogP contribution is -2.42. The molecule has 0 spiro atoms. The van der Waals surface area contributed by atoms with Crippen LogP contribution >= 0.6 is 12.4 Å². The number of amides is 1. The first-order valence-electron chi connectivity index (χ1n) is 9.14. The molecule has 26 heavy (non-hydrogen) atoms. The first kappa shape index (κ1) is 21.2. The minimum atomic E-state index is -3.46. The molecule has 0 radical (unpaired) electrons. The van der Waals surface area contributed by atoms with Crippen LogP contribution in [0.3, 0.4) is 0 Å². The van der Waals surface area contributed by atoms with Crippen molar-refractivity contribution in [3.63, 3.8) is 0 Å². The van der Waals surface area contributed by atoms with Gasteiger partial charge in [0.1, 0.15) is 0 Å². The monoisotopic (exact) mass is 401 g/mol. The highest BCUT2D eigenvalue weighted by Crippen LogP contribution is 2.32. The van der Waals surface area contributed by atoms with E-state index < -0.39 is 10.0 Å². The van der Waals surface area contributed by atoms with Crippen LogP contribution in [-0.4, -0.2) is 51.4 Å². The summed E-state index contributed by atoms with van der Waals surface area (Å²) >= 11 is 0. The zero-order valence-electron chi connectivity index (χ0n) is 15.4. The number of hydrogen-bond acceptors (Lipinski definition) is 4. The summed E-state index contributed by atoms with van der Waals surface area (Å²) in [4.78, 5) is 15.0. The highest BCUT2D eigenvalue weighted by molar-refractivity contribution is 7.89. The molecule has 1 atom stereocenters. The number of carbonyl (C=O) groups excluding carboxylic acids is 1. The molecule has 8 heteroatoms. The molecule has 0 aliphatic carbocycles. The van der Waals surface area contributed by atoms with Crippen LogP contribution in [0.5, 0.6) is 0 Å². The predicted molar refractivity (Wildman–Crippen MR) is 105 cm³/mol. The standard InChI is InChI=1S/C18H27N3O3S.ClH/c1-3-20(4-2)25(23,24)16-7-8-17-14(12-16)9-11-21(17)18(22)15-6-5-10-19-13-15;/h7-8,12,15,19H,3-6,9-11,13H2,1-2H3;1H. The maximum Gasteiger partial charge on any atom is 0.243 e. The van der Waals surface area contributed by atoms with E-state index in [-0.39, 0.29) is 24.2 Å². The fourth-order valence-corrected chi connectivity index (χ4v) is 5.27. The van der Waals surface area contributed by atoms with Crippen molar-refractivity contribution >= 4 is 34.0 Å². The number of carbonyl (C=O) groups is 1. The van der Waals surface area contributed by atoms with Crippen LogP contribution in [0.4, 0.5) is 5.69 Å². The summed E-state index contributed by atoms with van der Waals surface area (Å²) in [6.07, 6.45) is 2.66. The van der Waals surface area contributed by atoms with Crippen LogP contribution in [0.25, 0.3) is 0 Å². The summed E-state index contributed by atoms with van der Waals surface area (Å²) in [6, 6.07) is 5.18. The first-order chi connectivity index (χ1) is 12.0. The summed E-state index contributed by atoms with van der Waals surface area (Å²) in [5.74, 6) is 0.184. The molecule has 146 valence electrons. The smallest absolute Gasteiger partial charge is 0.243 e. The quantitative estimate of drug-likeness (QED) is 0.819. The summed E-state index contributed by atoms with van der Waals surface area (Å²) in [6.45, 7) is 6.94. The van der Waals surface area contributed by atoms with Gasteiger partial charge in [0.15, 0.2) is 0 Å². The number of rotatable bonds is 5. The third kappa shape index (κ3) is 3.91. The van der Waals surface area contributed by atoms with Crippen molar-refractivity contribution in [2.45, 2.75) is 38.0 Å². The van der Waals surface area contributed by atoms with E-state index in [4.69, 9.17) is 0 Å². The Morgan fingerprint density at radius 3 is 2.65 bits per heavy atom. The zero-order valence-corrected chi connectivity index (χ0v) is 17.0. The third-order valence-electron chi connectivity index (χ3n) is 5.20. The molecule has 1 aromatic carbocycles. The number of halogens is 1. The molecule has 0 bridgehead atoms. The lowest BCUT2D eigenvalue weighted by atomic mass is 9.98. The second-order valence-corrected chi connectivity index (χ2v) is 8.60. The molecular weight excluding hydrogens is 374 g/mol. The largest absolute Gasteiger partial charge is 0.316 e. The van der Waals surface area contributed by atoms with Crippen molar-refractivity contribution in [2.24, 2.45) is 5.92 Å². The Kier molecular flexibility index (Phi) is 7.07. The van der Waals surface area contributed by atoms with Crippen molar-refractivity contribution in [1.82, 2.24) is 9.62 Å². The van der Waals surface area contributed by atoms with Gasteiger partial charge >= 0.3 is 0 Å². The molecule has 0 aromatic heterocycles. The van der Waals surface area contributed by atoms with E-state index in [1.54, 1.807) is 18.2 Å². The molecule has 3 rings (SSSR count). The third-order valence-corrected chi connectivity index (χ3v) is 7.25. The molecule has 2 aliphatic rings. The normalized spacial score (nSPS) is 20.0. The van der Waals surface area contributed by atoms with E-state index in [0.717, 1.165) is 37.2 Å². The number of hydrogen-bond donors (Lipinski definition) is 1. The lowest BCUT2D eigenvalue weighted by molar-refractivity contribution is -0.122.